The third-order valence-corrected chi connectivity index (χ3v) is 3.63. The van der Waals surface area contributed by atoms with E-state index in [0.29, 0.717) is 6.29 Å². The topological polar surface area (TPSA) is 34.9 Å². The largest absolute Gasteiger partial charge is 0.298 e. The van der Waals surface area contributed by atoms with Gasteiger partial charge >= 0.3 is 0 Å². The van der Waals surface area contributed by atoms with E-state index in [-0.39, 0.29) is 22.1 Å². The normalized spacial score (nSPS) is 10.8. The maximum Gasteiger partial charge on any atom is 0.155 e. The van der Waals surface area contributed by atoms with Crippen molar-refractivity contribution in [3.05, 3.63) is 70.6 Å². The standard InChI is InChI=1S/C16H8ClF3N2O/c17-16-9(8-23)15(14-11(19)5-3-6-12(14)20)21-22(16)13-7-2-1-4-10(13)18/h1-8H. The lowest BCUT2D eigenvalue weighted by Crippen LogP contribution is -2.00. The summed E-state index contributed by atoms with van der Waals surface area (Å²) in [4.78, 5) is 11.3. The predicted octanol–water partition coefficient (Wildman–Crippen LogP) is 4.42. The Balaban J connectivity index is 2.31. The van der Waals surface area contributed by atoms with E-state index < -0.39 is 23.0 Å². The molecule has 0 N–H and O–H groups in total. The zero-order valence-corrected chi connectivity index (χ0v) is 12.2. The Morgan fingerprint density at radius 2 is 1.57 bits per heavy atom. The number of benzene rings is 2. The minimum Gasteiger partial charge on any atom is -0.298 e. The van der Waals surface area contributed by atoms with E-state index in [2.05, 4.69) is 5.10 Å². The van der Waals surface area contributed by atoms with E-state index in [4.69, 9.17) is 11.6 Å². The maximum atomic E-state index is 14.0. The van der Waals surface area contributed by atoms with E-state index in [0.717, 1.165) is 16.8 Å². The highest BCUT2D eigenvalue weighted by Gasteiger charge is 2.24. The van der Waals surface area contributed by atoms with Crippen LogP contribution in [0.1, 0.15) is 10.4 Å². The van der Waals surface area contributed by atoms with E-state index >= 15 is 0 Å². The number of carbonyl (C=O) groups excluding carboxylic acids is 1. The van der Waals surface area contributed by atoms with Crippen LogP contribution in [0, 0.1) is 17.5 Å². The van der Waals surface area contributed by atoms with Crippen LogP contribution >= 0.6 is 11.6 Å². The number of carbonyl (C=O) groups is 1. The molecule has 0 saturated carbocycles. The lowest BCUT2D eigenvalue weighted by molar-refractivity contribution is 0.112. The van der Waals surface area contributed by atoms with E-state index in [9.17, 15) is 18.0 Å². The molecule has 0 aliphatic rings. The van der Waals surface area contributed by atoms with E-state index in [1.807, 2.05) is 0 Å². The number of aromatic nitrogens is 2. The summed E-state index contributed by atoms with van der Waals surface area (Å²) in [6.45, 7) is 0. The van der Waals surface area contributed by atoms with Gasteiger partial charge in [-0.15, -0.1) is 0 Å². The Morgan fingerprint density at radius 1 is 0.957 bits per heavy atom. The van der Waals surface area contributed by atoms with Gasteiger partial charge in [-0.25, -0.2) is 17.9 Å². The summed E-state index contributed by atoms with van der Waals surface area (Å²) >= 11 is 6.05. The summed E-state index contributed by atoms with van der Waals surface area (Å²) in [7, 11) is 0. The quantitative estimate of drug-likeness (QED) is 0.663. The van der Waals surface area contributed by atoms with Gasteiger partial charge in [0.15, 0.2) is 6.29 Å². The highest BCUT2D eigenvalue weighted by Crippen LogP contribution is 2.33. The third-order valence-electron chi connectivity index (χ3n) is 3.26. The monoisotopic (exact) mass is 336 g/mol. The van der Waals surface area contributed by atoms with Crippen molar-refractivity contribution in [1.82, 2.24) is 9.78 Å². The van der Waals surface area contributed by atoms with Crippen LogP contribution in [-0.4, -0.2) is 16.1 Å². The molecular weight excluding hydrogens is 329 g/mol. The van der Waals surface area contributed by atoms with E-state index in [1.165, 1.54) is 24.3 Å². The number of hydrogen-bond acceptors (Lipinski definition) is 2. The number of nitrogens with zero attached hydrogens (tertiary/aromatic N) is 2. The summed E-state index contributed by atoms with van der Waals surface area (Å²) in [5.74, 6) is -2.44. The summed E-state index contributed by atoms with van der Waals surface area (Å²) in [6.07, 6.45) is 0.327. The van der Waals surface area contributed by atoms with Gasteiger partial charge in [0.05, 0.1) is 11.1 Å². The van der Waals surface area contributed by atoms with Gasteiger partial charge in [0.1, 0.15) is 34.0 Å². The summed E-state index contributed by atoms with van der Waals surface area (Å²) in [6, 6.07) is 8.81. The highest BCUT2D eigenvalue weighted by atomic mass is 35.5. The average Bonchev–Trinajstić information content (AvgIpc) is 2.84. The number of para-hydroxylation sites is 1. The molecule has 3 rings (SSSR count). The van der Waals surface area contributed by atoms with Crippen LogP contribution in [-0.2, 0) is 0 Å². The molecule has 3 aromatic rings. The van der Waals surface area contributed by atoms with Crippen molar-refractivity contribution in [3.8, 4) is 16.9 Å². The second-order valence-corrected chi connectivity index (χ2v) is 4.99. The van der Waals surface area contributed by atoms with Crippen molar-refractivity contribution in [3.63, 3.8) is 0 Å². The Labute approximate surface area is 133 Å². The molecule has 0 bridgehead atoms. The van der Waals surface area contributed by atoms with Crippen LogP contribution in [0.25, 0.3) is 16.9 Å². The summed E-state index contributed by atoms with van der Waals surface area (Å²) in [5, 5.41) is 3.70. The smallest absolute Gasteiger partial charge is 0.155 e. The van der Waals surface area contributed by atoms with Gasteiger partial charge in [-0.05, 0) is 24.3 Å². The fraction of sp³-hybridized carbons (Fsp3) is 0. The SMILES string of the molecule is O=Cc1c(-c2c(F)cccc2F)nn(-c2ccccc2F)c1Cl. The molecule has 116 valence electrons. The molecule has 7 heteroatoms. The molecule has 0 spiro atoms. The van der Waals surface area contributed by atoms with Crippen molar-refractivity contribution in [2.45, 2.75) is 0 Å². The molecule has 0 amide bonds. The average molecular weight is 337 g/mol. The molecule has 0 saturated heterocycles. The highest BCUT2D eigenvalue weighted by molar-refractivity contribution is 6.32. The van der Waals surface area contributed by atoms with Gasteiger partial charge in [0.2, 0.25) is 0 Å². The molecule has 0 aliphatic heterocycles. The van der Waals surface area contributed by atoms with Gasteiger partial charge in [-0.2, -0.15) is 5.10 Å². The molecular formula is C16H8ClF3N2O. The molecule has 23 heavy (non-hydrogen) atoms. The molecule has 3 nitrogen and oxygen atoms in total. The Morgan fingerprint density at radius 3 is 2.17 bits per heavy atom. The van der Waals surface area contributed by atoms with Gasteiger partial charge in [-0.1, -0.05) is 29.8 Å². The van der Waals surface area contributed by atoms with Crippen molar-refractivity contribution >= 4 is 17.9 Å². The van der Waals surface area contributed by atoms with Crippen molar-refractivity contribution < 1.29 is 18.0 Å². The zero-order chi connectivity index (χ0) is 16.6. The number of rotatable bonds is 3. The second kappa shape index (κ2) is 5.89. The first-order valence-corrected chi connectivity index (χ1v) is 6.85. The fourth-order valence-corrected chi connectivity index (χ4v) is 2.47. The molecule has 0 atom stereocenters. The van der Waals surface area contributed by atoms with Crippen LogP contribution in [0.5, 0.6) is 0 Å². The maximum absolute atomic E-state index is 14.0. The van der Waals surface area contributed by atoms with Gasteiger partial charge < -0.3 is 0 Å². The predicted molar refractivity (Wildman–Crippen MR) is 79.3 cm³/mol. The second-order valence-electron chi connectivity index (χ2n) is 4.63. The molecule has 1 aromatic heterocycles. The Kier molecular flexibility index (Phi) is 3.92. The first-order valence-electron chi connectivity index (χ1n) is 6.47. The summed E-state index contributed by atoms with van der Waals surface area (Å²) in [5.41, 5.74) is -1.04. The molecule has 0 unspecified atom stereocenters. The number of hydrogen-bond donors (Lipinski definition) is 0. The van der Waals surface area contributed by atoms with Gasteiger partial charge in [0.25, 0.3) is 0 Å². The number of halogens is 4. The molecule has 1 heterocycles. The van der Waals surface area contributed by atoms with E-state index in [1.54, 1.807) is 6.07 Å². The molecule has 2 aromatic carbocycles. The van der Waals surface area contributed by atoms with Crippen LogP contribution in [0.15, 0.2) is 42.5 Å². The Hall–Kier alpha value is -2.60. The molecule has 0 aliphatic carbocycles. The van der Waals surface area contributed by atoms with Crippen LogP contribution < -0.4 is 0 Å². The van der Waals surface area contributed by atoms with Crippen molar-refractivity contribution in [2.75, 3.05) is 0 Å². The molecule has 0 fully saturated rings. The van der Waals surface area contributed by atoms with Crippen LogP contribution in [0.2, 0.25) is 5.15 Å². The minimum absolute atomic E-state index is 0.0383. The third kappa shape index (κ3) is 2.51. The van der Waals surface area contributed by atoms with Crippen molar-refractivity contribution in [1.29, 1.82) is 0 Å². The van der Waals surface area contributed by atoms with Gasteiger partial charge in [-0.3, -0.25) is 4.79 Å². The lowest BCUT2D eigenvalue weighted by Gasteiger charge is -2.04. The molecule has 0 radical (unpaired) electrons. The minimum atomic E-state index is -0.900. The summed E-state index contributed by atoms with van der Waals surface area (Å²) < 4.78 is 42.7. The zero-order valence-electron chi connectivity index (χ0n) is 11.4. The first kappa shape index (κ1) is 15.3. The van der Waals surface area contributed by atoms with Crippen molar-refractivity contribution in [2.24, 2.45) is 0 Å². The number of aldehydes is 1. The van der Waals surface area contributed by atoms with Crippen LogP contribution in [0.3, 0.4) is 0 Å². The van der Waals surface area contributed by atoms with Gasteiger partial charge in [0, 0.05) is 0 Å². The Bertz CT molecular complexity index is 888. The first-order chi connectivity index (χ1) is 11.0. The lowest BCUT2D eigenvalue weighted by atomic mass is 10.1. The van der Waals surface area contributed by atoms with Crippen LogP contribution in [0.4, 0.5) is 13.2 Å². The fourth-order valence-electron chi connectivity index (χ4n) is 2.21.